The Labute approximate surface area is 171 Å². The summed E-state index contributed by atoms with van der Waals surface area (Å²) in [5.74, 6) is -0.110. The molecule has 1 aliphatic carbocycles. The van der Waals surface area contributed by atoms with Gasteiger partial charge in [-0.05, 0) is 49.9 Å². The summed E-state index contributed by atoms with van der Waals surface area (Å²) < 4.78 is 32.4. The Morgan fingerprint density at radius 1 is 1.03 bits per heavy atom. The quantitative estimate of drug-likeness (QED) is 0.741. The summed E-state index contributed by atoms with van der Waals surface area (Å²) in [6.45, 7) is 1.13. The standard InChI is InChI=1S/C20H26N4O4S/c1-23(16-7-3-2-4-8-16)20(25)19-22-21-18(28-19)15-9-11-17(12-10-15)29(26,27)24-13-5-6-14-24/h9-12,16H,2-8,13-14H2,1H3. The smallest absolute Gasteiger partial charge is 0.311 e. The minimum atomic E-state index is -3.46. The number of carbonyl (C=O) groups is 1. The second-order valence-corrected chi connectivity index (χ2v) is 9.69. The second kappa shape index (κ2) is 8.23. The first kappa shape index (κ1) is 20.0. The van der Waals surface area contributed by atoms with E-state index in [9.17, 15) is 13.2 Å². The third-order valence-electron chi connectivity index (χ3n) is 5.85. The molecule has 9 heteroatoms. The van der Waals surface area contributed by atoms with Gasteiger partial charge in [0.15, 0.2) is 0 Å². The van der Waals surface area contributed by atoms with E-state index in [2.05, 4.69) is 10.2 Å². The Hall–Kier alpha value is -2.26. The number of rotatable bonds is 5. The van der Waals surface area contributed by atoms with Crippen LogP contribution in [0.1, 0.15) is 55.6 Å². The number of carbonyl (C=O) groups excluding carboxylic acids is 1. The van der Waals surface area contributed by atoms with Crippen LogP contribution < -0.4 is 0 Å². The molecule has 2 aliphatic rings. The van der Waals surface area contributed by atoms with E-state index in [1.807, 2.05) is 0 Å². The number of amides is 1. The summed E-state index contributed by atoms with van der Waals surface area (Å²) in [5.41, 5.74) is 0.581. The van der Waals surface area contributed by atoms with Gasteiger partial charge in [-0.1, -0.05) is 19.3 Å². The monoisotopic (exact) mass is 418 g/mol. The van der Waals surface area contributed by atoms with Crippen LogP contribution in [0.4, 0.5) is 0 Å². The SMILES string of the molecule is CN(C(=O)c1nnc(-c2ccc(S(=O)(=O)N3CCCC3)cc2)o1)C1CCCCC1. The Morgan fingerprint density at radius 2 is 1.69 bits per heavy atom. The van der Waals surface area contributed by atoms with Crippen LogP contribution in [0.25, 0.3) is 11.5 Å². The molecule has 1 saturated carbocycles. The van der Waals surface area contributed by atoms with Crippen molar-refractivity contribution in [3.63, 3.8) is 0 Å². The molecular weight excluding hydrogens is 392 g/mol. The molecule has 156 valence electrons. The van der Waals surface area contributed by atoms with Gasteiger partial charge in [-0.15, -0.1) is 10.2 Å². The van der Waals surface area contributed by atoms with Crippen LogP contribution in [-0.4, -0.2) is 59.9 Å². The summed E-state index contributed by atoms with van der Waals surface area (Å²) in [6, 6.07) is 6.57. The number of nitrogens with zero attached hydrogens (tertiary/aromatic N) is 4. The molecule has 1 saturated heterocycles. The van der Waals surface area contributed by atoms with E-state index in [4.69, 9.17) is 4.42 Å². The lowest BCUT2D eigenvalue weighted by Gasteiger charge is -2.30. The molecule has 0 radical (unpaired) electrons. The minimum absolute atomic E-state index is 0.0400. The number of sulfonamides is 1. The first-order valence-corrected chi connectivity index (χ1v) is 11.6. The average Bonchev–Trinajstić information content (AvgIpc) is 3.46. The topological polar surface area (TPSA) is 96.6 Å². The van der Waals surface area contributed by atoms with Crippen molar-refractivity contribution in [2.24, 2.45) is 0 Å². The third-order valence-corrected chi connectivity index (χ3v) is 7.77. The molecule has 1 amide bonds. The van der Waals surface area contributed by atoms with Crippen molar-refractivity contribution in [3.05, 3.63) is 30.2 Å². The molecule has 0 spiro atoms. The molecule has 2 heterocycles. The summed E-state index contributed by atoms with van der Waals surface area (Å²) in [6.07, 6.45) is 7.25. The maximum Gasteiger partial charge on any atom is 0.311 e. The van der Waals surface area contributed by atoms with Crippen LogP contribution >= 0.6 is 0 Å². The highest BCUT2D eigenvalue weighted by molar-refractivity contribution is 7.89. The van der Waals surface area contributed by atoms with E-state index in [-0.39, 0.29) is 28.6 Å². The largest absolute Gasteiger partial charge is 0.412 e. The number of hydrogen-bond donors (Lipinski definition) is 0. The van der Waals surface area contributed by atoms with Crippen molar-refractivity contribution in [2.45, 2.75) is 55.9 Å². The van der Waals surface area contributed by atoms with Gasteiger partial charge in [-0.2, -0.15) is 4.31 Å². The number of hydrogen-bond acceptors (Lipinski definition) is 6. The molecule has 0 N–H and O–H groups in total. The molecule has 4 rings (SSSR count). The molecule has 0 bridgehead atoms. The van der Waals surface area contributed by atoms with Gasteiger partial charge in [-0.3, -0.25) is 4.79 Å². The van der Waals surface area contributed by atoms with Crippen LogP contribution in [0.15, 0.2) is 33.6 Å². The maximum absolute atomic E-state index is 12.7. The zero-order valence-electron chi connectivity index (χ0n) is 16.6. The van der Waals surface area contributed by atoms with E-state index in [0.29, 0.717) is 18.7 Å². The minimum Gasteiger partial charge on any atom is -0.412 e. The van der Waals surface area contributed by atoms with E-state index in [1.165, 1.54) is 10.7 Å². The van der Waals surface area contributed by atoms with Crippen molar-refractivity contribution < 1.29 is 17.6 Å². The first-order chi connectivity index (χ1) is 14.0. The van der Waals surface area contributed by atoms with Crippen LogP contribution in [-0.2, 0) is 10.0 Å². The number of aromatic nitrogens is 2. The average molecular weight is 419 g/mol. The highest BCUT2D eigenvalue weighted by Gasteiger charge is 2.28. The van der Waals surface area contributed by atoms with E-state index in [1.54, 1.807) is 36.2 Å². The predicted molar refractivity (Wildman–Crippen MR) is 107 cm³/mol. The third kappa shape index (κ3) is 4.06. The molecule has 8 nitrogen and oxygen atoms in total. The van der Waals surface area contributed by atoms with E-state index in [0.717, 1.165) is 38.5 Å². The van der Waals surface area contributed by atoms with Crippen molar-refractivity contribution in [2.75, 3.05) is 20.1 Å². The van der Waals surface area contributed by atoms with Crippen molar-refractivity contribution in [3.8, 4) is 11.5 Å². The molecule has 1 aromatic heterocycles. The van der Waals surface area contributed by atoms with Crippen molar-refractivity contribution >= 4 is 15.9 Å². The zero-order valence-corrected chi connectivity index (χ0v) is 17.4. The summed E-state index contributed by atoms with van der Waals surface area (Å²) in [5, 5.41) is 7.89. The summed E-state index contributed by atoms with van der Waals surface area (Å²) in [7, 11) is -1.69. The van der Waals surface area contributed by atoms with E-state index < -0.39 is 10.0 Å². The summed E-state index contributed by atoms with van der Waals surface area (Å²) in [4.78, 5) is 14.6. The molecular formula is C20H26N4O4S. The zero-order chi connectivity index (χ0) is 20.4. The maximum atomic E-state index is 12.7. The molecule has 0 atom stereocenters. The van der Waals surface area contributed by atoms with Crippen LogP contribution in [0.2, 0.25) is 0 Å². The van der Waals surface area contributed by atoms with Gasteiger partial charge in [0.05, 0.1) is 4.90 Å². The molecule has 2 aromatic rings. The van der Waals surface area contributed by atoms with Crippen LogP contribution in [0.5, 0.6) is 0 Å². The van der Waals surface area contributed by atoms with Gasteiger partial charge in [-0.25, -0.2) is 8.42 Å². The van der Waals surface area contributed by atoms with Gasteiger partial charge in [0.1, 0.15) is 0 Å². The fourth-order valence-corrected chi connectivity index (χ4v) is 5.58. The van der Waals surface area contributed by atoms with Gasteiger partial charge in [0.2, 0.25) is 15.9 Å². The first-order valence-electron chi connectivity index (χ1n) is 10.2. The van der Waals surface area contributed by atoms with Crippen molar-refractivity contribution in [1.29, 1.82) is 0 Å². The molecule has 0 unspecified atom stereocenters. The number of benzene rings is 1. The van der Waals surface area contributed by atoms with Crippen LogP contribution in [0, 0.1) is 0 Å². The predicted octanol–water partition coefficient (Wildman–Crippen LogP) is 2.93. The van der Waals surface area contributed by atoms with Gasteiger partial charge in [0.25, 0.3) is 0 Å². The normalized spacial score (nSPS) is 18.8. The summed E-state index contributed by atoms with van der Waals surface area (Å²) >= 11 is 0. The molecule has 1 aliphatic heterocycles. The lowest BCUT2D eigenvalue weighted by Crippen LogP contribution is -2.38. The Bertz CT molecular complexity index is 959. The van der Waals surface area contributed by atoms with Gasteiger partial charge in [0, 0.05) is 31.7 Å². The second-order valence-electron chi connectivity index (χ2n) is 7.76. The molecule has 2 fully saturated rings. The van der Waals surface area contributed by atoms with E-state index >= 15 is 0 Å². The molecule has 29 heavy (non-hydrogen) atoms. The molecule has 1 aromatic carbocycles. The lowest BCUT2D eigenvalue weighted by atomic mass is 9.94. The van der Waals surface area contributed by atoms with Crippen LogP contribution in [0.3, 0.4) is 0 Å². The Kier molecular flexibility index (Phi) is 5.69. The Balaban J connectivity index is 1.48. The lowest BCUT2D eigenvalue weighted by molar-refractivity contribution is 0.0656. The van der Waals surface area contributed by atoms with Gasteiger partial charge < -0.3 is 9.32 Å². The van der Waals surface area contributed by atoms with Crippen molar-refractivity contribution in [1.82, 2.24) is 19.4 Å². The Morgan fingerprint density at radius 3 is 2.34 bits per heavy atom. The fourth-order valence-electron chi connectivity index (χ4n) is 4.06. The fraction of sp³-hybridized carbons (Fsp3) is 0.550. The highest BCUT2D eigenvalue weighted by Crippen LogP contribution is 2.26. The van der Waals surface area contributed by atoms with Gasteiger partial charge >= 0.3 is 11.8 Å². The highest BCUT2D eigenvalue weighted by atomic mass is 32.2.